The predicted molar refractivity (Wildman–Crippen MR) is 96.0 cm³/mol. The monoisotopic (exact) mass is 322 g/mol. The number of amides is 2. The average molecular weight is 322 g/mol. The highest BCUT2D eigenvalue weighted by Crippen LogP contribution is 2.35. The third kappa shape index (κ3) is 2.70. The first-order valence-electron chi connectivity index (χ1n) is 7.92. The molecular weight excluding hydrogens is 304 g/mol. The second-order valence-electron chi connectivity index (χ2n) is 5.82. The summed E-state index contributed by atoms with van der Waals surface area (Å²) in [6, 6.07) is 18.5. The van der Waals surface area contributed by atoms with Crippen molar-refractivity contribution in [2.75, 3.05) is 11.9 Å². The van der Waals surface area contributed by atoms with E-state index in [1.165, 1.54) is 4.88 Å². The standard InChI is InChI=1S/C19H18N2OS/c22-19(21-12-4-10-17(21)18-11-5-13-23-18)20-16-9-3-7-14-6-1-2-8-15(14)16/h1-3,5-9,11,13,17H,4,10,12H2,(H,20,22). The molecule has 1 fully saturated rings. The quantitative estimate of drug-likeness (QED) is 0.685. The molecule has 1 unspecified atom stereocenters. The van der Waals surface area contributed by atoms with Gasteiger partial charge in [-0.05, 0) is 35.7 Å². The fourth-order valence-corrected chi connectivity index (χ4v) is 4.18. The van der Waals surface area contributed by atoms with E-state index in [0.29, 0.717) is 0 Å². The van der Waals surface area contributed by atoms with Gasteiger partial charge in [0.2, 0.25) is 0 Å². The normalized spacial score (nSPS) is 17.6. The lowest BCUT2D eigenvalue weighted by molar-refractivity contribution is 0.208. The molecule has 1 aliphatic rings. The van der Waals surface area contributed by atoms with Crippen LogP contribution in [-0.4, -0.2) is 17.5 Å². The van der Waals surface area contributed by atoms with Gasteiger partial charge >= 0.3 is 6.03 Å². The highest BCUT2D eigenvalue weighted by Gasteiger charge is 2.30. The Hall–Kier alpha value is -2.33. The molecule has 0 spiro atoms. The van der Waals surface area contributed by atoms with Gasteiger partial charge in [0.05, 0.1) is 11.7 Å². The van der Waals surface area contributed by atoms with Gasteiger partial charge < -0.3 is 10.2 Å². The summed E-state index contributed by atoms with van der Waals surface area (Å²) in [5, 5.41) is 7.41. The number of carbonyl (C=O) groups is 1. The van der Waals surface area contributed by atoms with Crippen molar-refractivity contribution in [3.63, 3.8) is 0 Å². The minimum atomic E-state index is -0.00254. The lowest BCUT2D eigenvalue weighted by atomic mass is 10.1. The van der Waals surface area contributed by atoms with Crippen molar-refractivity contribution in [2.45, 2.75) is 18.9 Å². The van der Waals surface area contributed by atoms with Gasteiger partial charge in [-0.15, -0.1) is 11.3 Å². The molecule has 0 saturated carbocycles. The van der Waals surface area contributed by atoms with Gasteiger partial charge in [0, 0.05) is 16.8 Å². The number of benzene rings is 2. The molecule has 0 aliphatic carbocycles. The molecule has 2 heterocycles. The zero-order valence-corrected chi connectivity index (χ0v) is 13.6. The van der Waals surface area contributed by atoms with Gasteiger partial charge in [-0.1, -0.05) is 42.5 Å². The zero-order chi connectivity index (χ0) is 15.6. The fraction of sp³-hybridized carbons (Fsp3) is 0.211. The molecule has 4 heteroatoms. The van der Waals surface area contributed by atoms with Crippen molar-refractivity contribution in [1.29, 1.82) is 0 Å². The van der Waals surface area contributed by atoms with Crippen LogP contribution in [0.1, 0.15) is 23.8 Å². The van der Waals surface area contributed by atoms with Crippen LogP contribution in [0.3, 0.4) is 0 Å². The molecule has 23 heavy (non-hydrogen) atoms. The summed E-state index contributed by atoms with van der Waals surface area (Å²) in [6.45, 7) is 0.819. The smallest absolute Gasteiger partial charge is 0.317 e. The minimum absolute atomic E-state index is 0.00254. The highest BCUT2D eigenvalue weighted by molar-refractivity contribution is 7.10. The van der Waals surface area contributed by atoms with Gasteiger partial charge in [-0.25, -0.2) is 4.79 Å². The Bertz CT molecular complexity index is 823. The van der Waals surface area contributed by atoms with E-state index < -0.39 is 0 Å². The average Bonchev–Trinajstić information content (AvgIpc) is 3.26. The van der Waals surface area contributed by atoms with Crippen molar-refractivity contribution in [3.05, 3.63) is 64.9 Å². The summed E-state index contributed by atoms with van der Waals surface area (Å²) >= 11 is 1.73. The lowest BCUT2D eigenvalue weighted by Crippen LogP contribution is -2.34. The van der Waals surface area contributed by atoms with Gasteiger partial charge in [-0.2, -0.15) is 0 Å². The number of fused-ring (bicyclic) bond motifs is 1. The van der Waals surface area contributed by atoms with Crippen LogP contribution in [0.15, 0.2) is 60.0 Å². The second kappa shape index (κ2) is 6.05. The maximum Gasteiger partial charge on any atom is 0.322 e. The maximum atomic E-state index is 12.8. The van der Waals surface area contributed by atoms with Crippen LogP contribution >= 0.6 is 11.3 Å². The number of hydrogen-bond donors (Lipinski definition) is 1. The highest BCUT2D eigenvalue weighted by atomic mass is 32.1. The number of carbonyl (C=O) groups excluding carboxylic acids is 1. The SMILES string of the molecule is O=C(Nc1cccc2ccccc12)N1CCCC1c1cccs1. The molecule has 0 bridgehead atoms. The molecular formula is C19H18N2OS. The Kier molecular flexibility index (Phi) is 3.75. The number of nitrogens with zero attached hydrogens (tertiary/aromatic N) is 1. The third-order valence-electron chi connectivity index (χ3n) is 4.42. The number of nitrogens with one attached hydrogen (secondary N) is 1. The molecule has 0 radical (unpaired) electrons. The first-order chi connectivity index (χ1) is 11.3. The van der Waals surface area contributed by atoms with Gasteiger partial charge in [0.15, 0.2) is 0 Å². The molecule has 2 aromatic carbocycles. The number of rotatable bonds is 2. The summed E-state index contributed by atoms with van der Waals surface area (Å²) < 4.78 is 0. The Balaban J connectivity index is 1.59. The summed E-state index contributed by atoms with van der Waals surface area (Å²) in [4.78, 5) is 16.0. The Morgan fingerprint density at radius 2 is 1.96 bits per heavy atom. The first kappa shape index (κ1) is 14.3. The van der Waals surface area contributed by atoms with Crippen molar-refractivity contribution in [2.24, 2.45) is 0 Å². The second-order valence-corrected chi connectivity index (χ2v) is 6.80. The fourth-order valence-electron chi connectivity index (χ4n) is 3.31. The largest absolute Gasteiger partial charge is 0.322 e. The van der Waals surface area contributed by atoms with E-state index in [9.17, 15) is 4.79 Å². The Morgan fingerprint density at radius 1 is 1.09 bits per heavy atom. The van der Waals surface area contributed by atoms with Gasteiger partial charge in [0.1, 0.15) is 0 Å². The first-order valence-corrected chi connectivity index (χ1v) is 8.80. The molecule has 1 aliphatic heterocycles. The molecule has 3 nitrogen and oxygen atoms in total. The maximum absolute atomic E-state index is 12.8. The van der Waals surface area contributed by atoms with Crippen LogP contribution in [0.5, 0.6) is 0 Å². The molecule has 116 valence electrons. The zero-order valence-electron chi connectivity index (χ0n) is 12.7. The van der Waals surface area contributed by atoms with Crippen molar-refractivity contribution in [3.8, 4) is 0 Å². The number of hydrogen-bond acceptors (Lipinski definition) is 2. The van der Waals surface area contributed by atoms with Crippen LogP contribution < -0.4 is 5.32 Å². The van der Waals surface area contributed by atoms with Crippen LogP contribution in [0.25, 0.3) is 10.8 Å². The predicted octanol–water partition coefficient (Wildman–Crippen LogP) is 5.27. The van der Waals surface area contributed by atoms with E-state index in [4.69, 9.17) is 0 Å². The summed E-state index contributed by atoms with van der Waals surface area (Å²) in [7, 11) is 0. The number of urea groups is 1. The minimum Gasteiger partial charge on any atom is -0.317 e. The van der Waals surface area contributed by atoms with E-state index in [1.54, 1.807) is 11.3 Å². The van der Waals surface area contributed by atoms with Crippen molar-refractivity contribution < 1.29 is 4.79 Å². The van der Waals surface area contributed by atoms with Gasteiger partial charge in [0.25, 0.3) is 0 Å². The van der Waals surface area contributed by atoms with E-state index in [-0.39, 0.29) is 12.1 Å². The summed E-state index contributed by atoms with van der Waals surface area (Å²) in [5.41, 5.74) is 0.880. The Morgan fingerprint density at radius 3 is 2.83 bits per heavy atom. The topological polar surface area (TPSA) is 32.3 Å². The van der Waals surface area contributed by atoms with Crippen molar-refractivity contribution >= 4 is 33.8 Å². The summed E-state index contributed by atoms with van der Waals surface area (Å²) in [6.07, 6.45) is 2.11. The molecule has 4 rings (SSSR count). The molecule has 2 amide bonds. The van der Waals surface area contributed by atoms with E-state index in [0.717, 1.165) is 35.8 Å². The van der Waals surface area contributed by atoms with Gasteiger partial charge in [-0.3, -0.25) is 0 Å². The Labute approximate surface area is 139 Å². The van der Waals surface area contributed by atoms with Crippen LogP contribution in [0.2, 0.25) is 0 Å². The third-order valence-corrected chi connectivity index (χ3v) is 5.39. The number of likely N-dealkylation sites (tertiary alicyclic amines) is 1. The summed E-state index contributed by atoms with van der Waals surface area (Å²) in [5.74, 6) is 0. The van der Waals surface area contributed by atoms with E-state index >= 15 is 0 Å². The molecule has 1 saturated heterocycles. The van der Waals surface area contributed by atoms with E-state index in [2.05, 4.69) is 35.0 Å². The van der Waals surface area contributed by atoms with Crippen LogP contribution in [-0.2, 0) is 0 Å². The lowest BCUT2D eigenvalue weighted by Gasteiger charge is -2.24. The van der Waals surface area contributed by atoms with Crippen molar-refractivity contribution in [1.82, 2.24) is 4.90 Å². The van der Waals surface area contributed by atoms with E-state index in [1.807, 2.05) is 35.2 Å². The number of anilines is 1. The molecule has 3 aromatic rings. The number of thiophene rings is 1. The molecule has 1 aromatic heterocycles. The molecule has 1 N–H and O–H groups in total. The van der Waals surface area contributed by atoms with Crippen LogP contribution in [0, 0.1) is 0 Å². The molecule has 1 atom stereocenters. The van der Waals surface area contributed by atoms with Crippen LogP contribution in [0.4, 0.5) is 10.5 Å².